The van der Waals surface area contributed by atoms with E-state index in [1.165, 1.54) is 0 Å². The van der Waals surface area contributed by atoms with Crippen LogP contribution in [0.4, 0.5) is 0 Å². The third kappa shape index (κ3) is 0.827. The Morgan fingerprint density at radius 2 is 2.40 bits per heavy atom. The van der Waals surface area contributed by atoms with Crippen molar-refractivity contribution in [2.45, 2.75) is 24.9 Å². The first-order chi connectivity index (χ1) is 4.86. The van der Waals surface area contributed by atoms with Crippen molar-refractivity contribution in [2.75, 3.05) is 0 Å². The molecule has 1 aliphatic carbocycles. The summed E-state index contributed by atoms with van der Waals surface area (Å²) in [5, 5.41) is 12.7. The minimum Gasteiger partial charge on any atom is -0.393 e. The zero-order valence-corrected chi connectivity index (χ0v) is 5.53. The molecular weight excluding hydrogens is 130 g/mol. The Bertz CT molecular complexity index is 201. The topological polar surface area (TPSA) is 46.3 Å². The maximum Gasteiger partial charge on any atom is 0.124 e. The van der Waals surface area contributed by atoms with Gasteiger partial charge >= 0.3 is 0 Å². The Kier molecular flexibility index (Phi) is 1.24. The van der Waals surface area contributed by atoms with E-state index >= 15 is 0 Å². The third-order valence-electron chi connectivity index (χ3n) is 1.99. The Balaban J connectivity index is 2.04. The van der Waals surface area contributed by atoms with Crippen molar-refractivity contribution in [3.05, 3.63) is 18.0 Å². The van der Waals surface area contributed by atoms with Gasteiger partial charge in [0, 0.05) is 12.0 Å². The van der Waals surface area contributed by atoms with Crippen LogP contribution in [0.25, 0.3) is 0 Å². The van der Waals surface area contributed by atoms with E-state index in [0.29, 0.717) is 5.92 Å². The van der Waals surface area contributed by atoms with E-state index in [1.54, 1.807) is 6.26 Å². The first-order valence-corrected chi connectivity index (χ1v) is 3.44. The zero-order chi connectivity index (χ0) is 6.97. The fourth-order valence-electron chi connectivity index (χ4n) is 1.26. The van der Waals surface area contributed by atoms with E-state index in [4.69, 9.17) is 5.11 Å². The molecule has 3 heteroatoms. The van der Waals surface area contributed by atoms with Gasteiger partial charge in [-0.25, -0.2) is 0 Å². The summed E-state index contributed by atoms with van der Waals surface area (Å²) >= 11 is 0. The minimum atomic E-state index is -0.110. The number of aromatic nitrogens is 1. The van der Waals surface area contributed by atoms with Crippen molar-refractivity contribution < 1.29 is 9.63 Å². The molecule has 1 N–H and O–H groups in total. The standard InChI is InChI=1S/C7H9NO2/c9-6-3-5(4-6)7-1-2-10-8-7/h1-2,5-6,9H,3-4H2/t5-,6-. The molecule has 1 heterocycles. The average molecular weight is 139 g/mol. The molecule has 10 heavy (non-hydrogen) atoms. The summed E-state index contributed by atoms with van der Waals surface area (Å²) in [5.74, 6) is 0.439. The molecule has 0 unspecified atom stereocenters. The van der Waals surface area contributed by atoms with Gasteiger partial charge in [0.05, 0.1) is 11.8 Å². The summed E-state index contributed by atoms with van der Waals surface area (Å²) < 4.78 is 4.67. The molecule has 0 bridgehead atoms. The lowest BCUT2D eigenvalue weighted by Crippen LogP contribution is -2.26. The first kappa shape index (κ1) is 5.92. The van der Waals surface area contributed by atoms with Gasteiger partial charge in [-0.2, -0.15) is 0 Å². The monoisotopic (exact) mass is 139 g/mol. The predicted octanol–water partition coefficient (Wildman–Crippen LogP) is 0.913. The SMILES string of the molecule is O[C@H]1C[C@H](c2ccon2)C1. The number of nitrogens with zero attached hydrogens (tertiary/aromatic N) is 1. The number of aliphatic hydroxyl groups is 1. The van der Waals surface area contributed by atoms with Crippen LogP contribution in [0.1, 0.15) is 24.5 Å². The van der Waals surface area contributed by atoms with Crippen LogP contribution in [0.2, 0.25) is 0 Å². The highest BCUT2D eigenvalue weighted by Crippen LogP contribution is 2.35. The predicted molar refractivity (Wildman–Crippen MR) is 34.5 cm³/mol. The van der Waals surface area contributed by atoms with Gasteiger partial charge in [-0.1, -0.05) is 5.16 Å². The van der Waals surface area contributed by atoms with Crippen LogP contribution in [0.3, 0.4) is 0 Å². The number of rotatable bonds is 1. The normalized spacial score (nSPS) is 31.7. The third-order valence-corrected chi connectivity index (χ3v) is 1.99. The largest absolute Gasteiger partial charge is 0.393 e. The van der Waals surface area contributed by atoms with Crippen LogP contribution < -0.4 is 0 Å². The second-order valence-corrected chi connectivity index (χ2v) is 2.75. The highest BCUT2D eigenvalue weighted by Gasteiger charge is 2.30. The molecule has 0 aliphatic heterocycles. The zero-order valence-electron chi connectivity index (χ0n) is 5.53. The van der Waals surface area contributed by atoms with Crippen molar-refractivity contribution in [1.29, 1.82) is 0 Å². The number of aliphatic hydroxyl groups excluding tert-OH is 1. The molecule has 0 amide bonds. The molecule has 3 nitrogen and oxygen atoms in total. The fraction of sp³-hybridized carbons (Fsp3) is 0.571. The number of hydrogen-bond donors (Lipinski definition) is 1. The van der Waals surface area contributed by atoms with Crippen LogP contribution in [-0.4, -0.2) is 16.4 Å². The fourth-order valence-corrected chi connectivity index (χ4v) is 1.26. The quantitative estimate of drug-likeness (QED) is 0.629. The Morgan fingerprint density at radius 3 is 2.90 bits per heavy atom. The molecule has 54 valence electrons. The summed E-state index contributed by atoms with van der Waals surface area (Å²) in [4.78, 5) is 0. The minimum absolute atomic E-state index is 0.110. The molecule has 0 spiro atoms. The van der Waals surface area contributed by atoms with E-state index in [1.807, 2.05) is 6.07 Å². The van der Waals surface area contributed by atoms with Crippen LogP contribution in [-0.2, 0) is 0 Å². The molecule has 1 aromatic rings. The second-order valence-electron chi connectivity index (χ2n) is 2.75. The van der Waals surface area contributed by atoms with E-state index < -0.39 is 0 Å². The van der Waals surface area contributed by atoms with Gasteiger partial charge < -0.3 is 9.63 Å². The maximum absolute atomic E-state index is 8.96. The lowest BCUT2D eigenvalue weighted by atomic mass is 9.80. The van der Waals surface area contributed by atoms with Gasteiger partial charge in [0.1, 0.15) is 6.26 Å². The van der Waals surface area contributed by atoms with Gasteiger partial charge in [0.15, 0.2) is 0 Å². The van der Waals surface area contributed by atoms with Gasteiger partial charge in [0.25, 0.3) is 0 Å². The van der Waals surface area contributed by atoms with Gasteiger partial charge in [-0.3, -0.25) is 0 Å². The Labute approximate surface area is 58.6 Å². The molecule has 1 aliphatic rings. The van der Waals surface area contributed by atoms with Crippen LogP contribution >= 0.6 is 0 Å². The summed E-state index contributed by atoms with van der Waals surface area (Å²) in [7, 11) is 0. The molecule has 0 aromatic carbocycles. The van der Waals surface area contributed by atoms with Crippen LogP contribution in [0.15, 0.2) is 16.9 Å². The summed E-state index contributed by atoms with van der Waals surface area (Å²) in [6, 6.07) is 1.86. The molecule has 1 fully saturated rings. The highest BCUT2D eigenvalue weighted by molar-refractivity contribution is 5.09. The van der Waals surface area contributed by atoms with Crippen molar-refractivity contribution in [3.8, 4) is 0 Å². The summed E-state index contributed by atoms with van der Waals surface area (Å²) in [6.45, 7) is 0. The van der Waals surface area contributed by atoms with Crippen LogP contribution in [0, 0.1) is 0 Å². The lowest BCUT2D eigenvalue weighted by molar-refractivity contribution is 0.0721. The molecule has 1 saturated carbocycles. The summed E-state index contributed by atoms with van der Waals surface area (Å²) in [6.07, 6.45) is 3.14. The van der Waals surface area contributed by atoms with E-state index in [0.717, 1.165) is 18.5 Å². The molecule has 2 rings (SSSR count). The van der Waals surface area contributed by atoms with Crippen LogP contribution in [0.5, 0.6) is 0 Å². The van der Waals surface area contributed by atoms with Gasteiger partial charge in [-0.05, 0) is 12.8 Å². The molecule has 0 radical (unpaired) electrons. The second kappa shape index (κ2) is 2.09. The maximum atomic E-state index is 8.96. The highest BCUT2D eigenvalue weighted by atomic mass is 16.5. The van der Waals surface area contributed by atoms with Crippen molar-refractivity contribution in [2.24, 2.45) is 0 Å². The van der Waals surface area contributed by atoms with E-state index in [9.17, 15) is 0 Å². The number of hydrogen-bond acceptors (Lipinski definition) is 3. The van der Waals surface area contributed by atoms with Crippen molar-refractivity contribution in [3.63, 3.8) is 0 Å². The molecule has 1 aromatic heterocycles. The van der Waals surface area contributed by atoms with Gasteiger partial charge in [-0.15, -0.1) is 0 Å². The molecule has 0 saturated heterocycles. The Morgan fingerprint density at radius 1 is 1.60 bits per heavy atom. The smallest absolute Gasteiger partial charge is 0.124 e. The van der Waals surface area contributed by atoms with Gasteiger partial charge in [0.2, 0.25) is 0 Å². The summed E-state index contributed by atoms with van der Waals surface area (Å²) in [5.41, 5.74) is 0.977. The molecular formula is C7H9NO2. The van der Waals surface area contributed by atoms with Crippen molar-refractivity contribution >= 4 is 0 Å². The van der Waals surface area contributed by atoms with E-state index in [2.05, 4.69) is 9.68 Å². The first-order valence-electron chi connectivity index (χ1n) is 3.44. The lowest BCUT2D eigenvalue weighted by Gasteiger charge is -2.29. The molecule has 0 atom stereocenters. The average Bonchev–Trinajstić information content (AvgIpc) is 2.31. The van der Waals surface area contributed by atoms with E-state index in [-0.39, 0.29) is 6.10 Å². The van der Waals surface area contributed by atoms with Crippen molar-refractivity contribution in [1.82, 2.24) is 5.16 Å². The Hall–Kier alpha value is -0.830.